The molecule has 19 heavy (non-hydrogen) atoms. The van der Waals surface area contributed by atoms with E-state index in [1.165, 1.54) is 38.5 Å². The quantitative estimate of drug-likeness (QED) is 0.751. The molecular weight excluding hydrogens is 302 g/mol. The molecule has 0 bridgehead atoms. The first-order chi connectivity index (χ1) is 9.29. The van der Waals surface area contributed by atoms with E-state index >= 15 is 0 Å². The maximum atomic E-state index is 11.3. The maximum absolute atomic E-state index is 11.3. The number of benzene rings is 1. The molecule has 102 valence electrons. The van der Waals surface area contributed by atoms with Crippen LogP contribution in [0.1, 0.15) is 48.9 Å². The third kappa shape index (κ3) is 2.58. The lowest BCUT2D eigenvalue weighted by Crippen LogP contribution is -2.47. The van der Waals surface area contributed by atoms with Gasteiger partial charge in [-0.2, -0.15) is 0 Å². The Morgan fingerprint density at radius 1 is 1.16 bits per heavy atom. The molecule has 0 amide bonds. The van der Waals surface area contributed by atoms with Crippen LogP contribution in [0, 0.1) is 5.92 Å². The van der Waals surface area contributed by atoms with Gasteiger partial charge in [-0.25, -0.2) is 0 Å². The second kappa shape index (κ2) is 5.66. The number of piperidine rings is 1. The van der Waals surface area contributed by atoms with E-state index in [2.05, 4.69) is 33.0 Å². The van der Waals surface area contributed by atoms with Crippen LogP contribution in [-0.2, 0) is 0 Å². The van der Waals surface area contributed by atoms with Crippen molar-refractivity contribution in [2.45, 2.75) is 44.6 Å². The first kappa shape index (κ1) is 13.2. The maximum Gasteiger partial charge on any atom is 0.152 e. The third-order valence-corrected chi connectivity index (χ3v) is 5.16. The first-order valence-electron chi connectivity index (χ1n) is 7.31. The number of carbonyl (C=O) groups is 1. The molecule has 2 atom stereocenters. The minimum atomic E-state index is 0.655. The molecule has 1 aromatic carbocycles. The molecule has 1 aromatic rings. The second-order valence-corrected chi connectivity index (χ2v) is 6.68. The summed E-state index contributed by atoms with van der Waals surface area (Å²) in [7, 11) is 0. The van der Waals surface area contributed by atoms with Crippen molar-refractivity contribution in [2.24, 2.45) is 5.92 Å². The highest BCUT2D eigenvalue weighted by molar-refractivity contribution is 9.10. The smallest absolute Gasteiger partial charge is 0.152 e. The Kier molecular flexibility index (Phi) is 3.92. The van der Waals surface area contributed by atoms with Gasteiger partial charge in [0.15, 0.2) is 6.29 Å². The highest BCUT2D eigenvalue weighted by atomic mass is 79.9. The summed E-state index contributed by atoms with van der Waals surface area (Å²) in [6.45, 7) is 1.10. The fourth-order valence-electron chi connectivity index (χ4n) is 3.81. The molecule has 0 radical (unpaired) electrons. The number of rotatable bonds is 2. The van der Waals surface area contributed by atoms with Crippen molar-refractivity contribution in [2.75, 3.05) is 11.4 Å². The molecule has 0 N–H and O–H groups in total. The van der Waals surface area contributed by atoms with Crippen LogP contribution in [0.25, 0.3) is 0 Å². The summed E-state index contributed by atoms with van der Waals surface area (Å²) in [5.74, 6) is 0.839. The van der Waals surface area contributed by atoms with Gasteiger partial charge in [-0.1, -0.05) is 28.8 Å². The predicted molar refractivity (Wildman–Crippen MR) is 81.9 cm³/mol. The Bertz CT molecular complexity index is 472. The predicted octanol–water partition coefficient (Wildman–Crippen LogP) is 4.42. The lowest BCUT2D eigenvalue weighted by molar-refractivity contribution is 0.112. The van der Waals surface area contributed by atoms with Crippen molar-refractivity contribution in [3.05, 3.63) is 28.2 Å². The lowest BCUT2D eigenvalue weighted by Gasteiger charge is -2.45. The van der Waals surface area contributed by atoms with Crippen molar-refractivity contribution >= 4 is 27.9 Å². The van der Waals surface area contributed by atoms with Gasteiger partial charge in [0, 0.05) is 28.3 Å². The van der Waals surface area contributed by atoms with Crippen LogP contribution >= 0.6 is 15.9 Å². The third-order valence-electron chi connectivity index (χ3n) is 4.67. The number of carbonyl (C=O) groups excluding carboxylic acids is 1. The number of fused-ring (bicyclic) bond motifs is 1. The van der Waals surface area contributed by atoms with E-state index in [-0.39, 0.29) is 0 Å². The van der Waals surface area contributed by atoms with E-state index < -0.39 is 0 Å². The van der Waals surface area contributed by atoms with Gasteiger partial charge in [-0.3, -0.25) is 4.79 Å². The first-order valence-corrected chi connectivity index (χ1v) is 8.10. The molecule has 1 aliphatic carbocycles. The molecule has 2 fully saturated rings. The molecule has 2 nitrogen and oxygen atoms in total. The van der Waals surface area contributed by atoms with Crippen molar-refractivity contribution in [3.8, 4) is 0 Å². The molecule has 2 aliphatic rings. The highest BCUT2D eigenvalue weighted by Crippen LogP contribution is 2.38. The second-order valence-electron chi connectivity index (χ2n) is 5.77. The van der Waals surface area contributed by atoms with Crippen LogP contribution in [0.4, 0.5) is 5.69 Å². The SMILES string of the molecule is O=Cc1cc(Br)ccc1N1CCCC2CCCCC21. The Labute approximate surface area is 123 Å². The monoisotopic (exact) mass is 321 g/mol. The summed E-state index contributed by atoms with van der Waals surface area (Å²) in [5, 5.41) is 0. The van der Waals surface area contributed by atoms with Gasteiger partial charge in [-0.15, -0.1) is 0 Å². The van der Waals surface area contributed by atoms with Crippen LogP contribution < -0.4 is 4.90 Å². The van der Waals surface area contributed by atoms with Gasteiger partial charge in [-0.05, 0) is 49.8 Å². The topological polar surface area (TPSA) is 20.3 Å². The van der Waals surface area contributed by atoms with Crippen molar-refractivity contribution in [3.63, 3.8) is 0 Å². The Balaban J connectivity index is 1.93. The average molecular weight is 322 g/mol. The summed E-state index contributed by atoms with van der Waals surface area (Å²) in [4.78, 5) is 13.8. The van der Waals surface area contributed by atoms with Crippen LogP contribution in [0.2, 0.25) is 0 Å². The Morgan fingerprint density at radius 2 is 1.95 bits per heavy atom. The van der Waals surface area contributed by atoms with Gasteiger partial charge >= 0.3 is 0 Å². The minimum absolute atomic E-state index is 0.655. The summed E-state index contributed by atoms with van der Waals surface area (Å²) >= 11 is 3.45. The van der Waals surface area contributed by atoms with Gasteiger partial charge in [0.2, 0.25) is 0 Å². The fraction of sp³-hybridized carbons (Fsp3) is 0.562. The van der Waals surface area contributed by atoms with E-state index in [1.54, 1.807) is 0 Å². The van der Waals surface area contributed by atoms with Crippen LogP contribution in [0.15, 0.2) is 22.7 Å². The van der Waals surface area contributed by atoms with E-state index in [4.69, 9.17) is 0 Å². The van der Waals surface area contributed by atoms with Gasteiger partial charge in [0.05, 0.1) is 0 Å². The summed E-state index contributed by atoms with van der Waals surface area (Å²) in [6, 6.07) is 6.75. The lowest BCUT2D eigenvalue weighted by atomic mass is 9.78. The Morgan fingerprint density at radius 3 is 2.79 bits per heavy atom. The minimum Gasteiger partial charge on any atom is -0.368 e. The van der Waals surface area contributed by atoms with Crippen LogP contribution in [0.5, 0.6) is 0 Å². The number of hydrogen-bond acceptors (Lipinski definition) is 2. The molecule has 0 aromatic heterocycles. The fourth-order valence-corrected chi connectivity index (χ4v) is 4.18. The number of halogens is 1. The largest absolute Gasteiger partial charge is 0.368 e. The number of aldehydes is 1. The van der Waals surface area contributed by atoms with E-state index in [1.807, 2.05) is 6.07 Å². The van der Waals surface area contributed by atoms with Gasteiger partial charge < -0.3 is 4.90 Å². The normalized spacial score (nSPS) is 26.9. The average Bonchev–Trinajstić information content (AvgIpc) is 2.46. The number of nitrogens with zero attached hydrogens (tertiary/aromatic N) is 1. The van der Waals surface area contributed by atoms with E-state index in [9.17, 15) is 4.79 Å². The molecule has 1 aliphatic heterocycles. The highest BCUT2D eigenvalue weighted by Gasteiger charge is 2.33. The van der Waals surface area contributed by atoms with Crippen LogP contribution in [0.3, 0.4) is 0 Å². The van der Waals surface area contributed by atoms with Crippen molar-refractivity contribution in [1.29, 1.82) is 0 Å². The summed E-state index contributed by atoms with van der Waals surface area (Å²) in [5.41, 5.74) is 1.95. The summed E-state index contributed by atoms with van der Waals surface area (Å²) < 4.78 is 0.982. The zero-order valence-electron chi connectivity index (χ0n) is 11.1. The zero-order chi connectivity index (χ0) is 13.2. The molecule has 3 rings (SSSR count). The van der Waals surface area contributed by atoms with Crippen molar-refractivity contribution < 1.29 is 4.79 Å². The summed E-state index contributed by atoms with van der Waals surface area (Å²) in [6.07, 6.45) is 9.00. The van der Waals surface area contributed by atoms with E-state index in [0.29, 0.717) is 6.04 Å². The number of anilines is 1. The van der Waals surface area contributed by atoms with Crippen molar-refractivity contribution in [1.82, 2.24) is 0 Å². The zero-order valence-corrected chi connectivity index (χ0v) is 12.7. The van der Waals surface area contributed by atoms with Crippen LogP contribution in [-0.4, -0.2) is 18.9 Å². The molecule has 3 heteroatoms. The molecule has 1 saturated heterocycles. The molecule has 1 heterocycles. The standard InChI is InChI=1S/C16H20BrNO/c17-14-7-8-16(13(10-14)11-19)18-9-3-5-12-4-1-2-6-15(12)18/h7-8,10-12,15H,1-6,9H2. The molecule has 2 unspecified atom stereocenters. The molecular formula is C16H20BrNO. The molecule has 0 spiro atoms. The van der Waals surface area contributed by atoms with Gasteiger partial charge in [0.1, 0.15) is 0 Å². The van der Waals surface area contributed by atoms with E-state index in [0.717, 1.165) is 34.5 Å². The Hall–Kier alpha value is -0.830. The number of hydrogen-bond donors (Lipinski definition) is 0. The van der Waals surface area contributed by atoms with Gasteiger partial charge in [0.25, 0.3) is 0 Å². The molecule has 1 saturated carbocycles.